The number of carboxylic acids is 1. The van der Waals surface area contributed by atoms with Crippen LogP contribution in [0.3, 0.4) is 0 Å². The van der Waals surface area contributed by atoms with Crippen LogP contribution in [-0.4, -0.2) is 49.3 Å². The van der Waals surface area contributed by atoms with Crippen molar-refractivity contribution in [2.45, 2.75) is 45.6 Å². The van der Waals surface area contributed by atoms with Crippen molar-refractivity contribution >= 4 is 11.9 Å². The molecule has 1 fully saturated rings. The highest BCUT2D eigenvalue weighted by molar-refractivity contribution is 5.77. The van der Waals surface area contributed by atoms with Crippen LogP contribution in [0.4, 0.5) is 0 Å². The number of amides is 1. The molecule has 0 aliphatic carbocycles. The lowest BCUT2D eigenvalue weighted by molar-refractivity contribution is -0.138. The minimum atomic E-state index is -0.819. The fourth-order valence-electron chi connectivity index (χ4n) is 2.62. The zero-order chi connectivity index (χ0) is 15.7. The summed E-state index contributed by atoms with van der Waals surface area (Å²) < 4.78 is 5.57. The van der Waals surface area contributed by atoms with Gasteiger partial charge in [-0.2, -0.15) is 0 Å². The van der Waals surface area contributed by atoms with Crippen molar-refractivity contribution in [2.75, 3.05) is 26.2 Å². The molecule has 1 aliphatic heterocycles. The molecule has 1 rings (SSSR count). The third-order valence-corrected chi connectivity index (χ3v) is 3.59. The van der Waals surface area contributed by atoms with Crippen molar-refractivity contribution in [3.63, 3.8) is 0 Å². The predicted octanol–water partition coefficient (Wildman–Crippen LogP) is 1.01. The van der Waals surface area contributed by atoms with Crippen LogP contribution in [0.1, 0.15) is 39.5 Å². The van der Waals surface area contributed by atoms with E-state index in [9.17, 15) is 9.59 Å². The van der Waals surface area contributed by atoms with Crippen molar-refractivity contribution in [3.05, 3.63) is 0 Å². The third kappa shape index (κ3) is 8.67. The molecule has 0 spiro atoms. The zero-order valence-electron chi connectivity index (χ0n) is 13.1. The van der Waals surface area contributed by atoms with E-state index in [0.29, 0.717) is 12.5 Å². The molecule has 3 N–H and O–H groups in total. The van der Waals surface area contributed by atoms with E-state index in [0.717, 1.165) is 32.4 Å². The Bertz CT molecular complexity index is 328. The lowest BCUT2D eigenvalue weighted by atomic mass is 9.94. The van der Waals surface area contributed by atoms with Gasteiger partial charge >= 0.3 is 5.97 Å². The van der Waals surface area contributed by atoms with Gasteiger partial charge in [0.15, 0.2) is 0 Å². The molecule has 0 aromatic carbocycles. The number of carbonyl (C=O) groups excluding carboxylic acids is 1. The van der Waals surface area contributed by atoms with Crippen LogP contribution in [0.15, 0.2) is 0 Å². The van der Waals surface area contributed by atoms with E-state index in [1.165, 1.54) is 0 Å². The van der Waals surface area contributed by atoms with Crippen LogP contribution < -0.4 is 10.6 Å². The predicted molar refractivity (Wildman–Crippen MR) is 80.1 cm³/mol. The number of carbonyl (C=O) groups is 2. The molecule has 0 unspecified atom stereocenters. The molecular weight excluding hydrogens is 272 g/mol. The molecule has 21 heavy (non-hydrogen) atoms. The quantitative estimate of drug-likeness (QED) is 0.591. The van der Waals surface area contributed by atoms with Gasteiger partial charge in [0.25, 0.3) is 0 Å². The largest absolute Gasteiger partial charge is 0.481 e. The molecule has 0 aromatic heterocycles. The number of carboxylic acid groups (broad SMARTS) is 1. The molecule has 1 heterocycles. The van der Waals surface area contributed by atoms with E-state index in [1.54, 1.807) is 0 Å². The van der Waals surface area contributed by atoms with E-state index < -0.39 is 5.97 Å². The summed E-state index contributed by atoms with van der Waals surface area (Å²) in [7, 11) is 0. The Morgan fingerprint density at radius 3 is 2.57 bits per heavy atom. The number of aliphatic carboxylic acids is 1. The van der Waals surface area contributed by atoms with E-state index in [2.05, 4.69) is 24.5 Å². The van der Waals surface area contributed by atoms with E-state index >= 15 is 0 Å². The smallest absolute Gasteiger partial charge is 0.303 e. The summed E-state index contributed by atoms with van der Waals surface area (Å²) in [6.45, 7) is 6.43. The Hall–Kier alpha value is -1.14. The second-order valence-electron chi connectivity index (χ2n) is 6.16. The molecule has 1 amide bonds. The molecule has 1 aliphatic rings. The zero-order valence-corrected chi connectivity index (χ0v) is 13.1. The molecule has 6 heteroatoms. The Morgan fingerprint density at radius 1 is 1.33 bits per heavy atom. The van der Waals surface area contributed by atoms with Crippen LogP contribution in [0.5, 0.6) is 0 Å². The van der Waals surface area contributed by atoms with Gasteiger partial charge in [-0.1, -0.05) is 13.8 Å². The Labute approximate surface area is 126 Å². The van der Waals surface area contributed by atoms with E-state index in [4.69, 9.17) is 9.84 Å². The Kier molecular flexibility index (Phi) is 8.30. The molecule has 122 valence electrons. The van der Waals surface area contributed by atoms with Crippen LogP contribution in [0.2, 0.25) is 0 Å². The second-order valence-corrected chi connectivity index (χ2v) is 6.16. The number of hydrogen-bond donors (Lipinski definition) is 3. The summed E-state index contributed by atoms with van der Waals surface area (Å²) in [5.41, 5.74) is 0. The first-order valence-corrected chi connectivity index (χ1v) is 7.78. The topological polar surface area (TPSA) is 87.7 Å². The maximum Gasteiger partial charge on any atom is 0.303 e. The van der Waals surface area contributed by atoms with Crippen LogP contribution in [-0.2, 0) is 14.3 Å². The first-order chi connectivity index (χ1) is 9.97. The third-order valence-electron chi connectivity index (χ3n) is 3.59. The van der Waals surface area contributed by atoms with Gasteiger partial charge in [-0.3, -0.25) is 9.59 Å². The number of hydrogen-bond acceptors (Lipinski definition) is 4. The summed E-state index contributed by atoms with van der Waals surface area (Å²) in [6, 6.07) is 0. The van der Waals surface area contributed by atoms with Gasteiger partial charge in [-0.05, 0) is 44.2 Å². The number of rotatable bonds is 9. The van der Waals surface area contributed by atoms with E-state index in [1.807, 2.05) is 0 Å². The van der Waals surface area contributed by atoms with Crippen molar-refractivity contribution in [3.8, 4) is 0 Å². The lowest BCUT2D eigenvalue weighted by Gasteiger charge is -2.23. The monoisotopic (exact) mass is 300 g/mol. The summed E-state index contributed by atoms with van der Waals surface area (Å²) in [5, 5.41) is 14.9. The summed E-state index contributed by atoms with van der Waals surface area (Å²) in [5.74, 6) is -0.587. The average Bonchev–Trinajstić information content (AvgIpc) is 2.42. The van der Waals surface area contributed by atoms with E-state index in [-0.39, 0.29) is 31.0 Å². The first-order valence-electron chi connectivity index (χ1n) is 7.78. The van der Waals surface area contributed by atoms with Gasteiger partial charge in [0, 0.05) is 13.0 Å². The fraction of sp³-hybridized carbons (Fsp3) is 0.867. The van der Waals surface area contributed by atoms with Gasteiger partial charge in [0.1, 0.15) is 6.61 Å². The average molecular weight is 300 g/mol. The van der Waals surface area contributed by atoms with Gasteiger partial charge in [-0.25, -0.2) is 0 Å². The molecular formula is C15H28N2O4. The summed E-state index contributed by atoms with van der Waals surface area (Å²) in [4.78, 5) is 22.6. The standard InChI is InChI=1S/C15H28N2O4/c1-11(2)7-12(8-15(19)20)9-17-14(18)10-21-13-3-5-16-6-4-13/h11-13,16H,3-10H2,1-2H3,(H,17,18)(H,19,20)/t12-/m0/s1. The molecule has 1 saturated heterocycles. The van der Waals surface area contributed by atoms with Gasteiger partial charge in [-0.15, -0.1) is 0 Å². The maximum atomic E-state index is 11.8. The molecule has 6 nitrogen and oxygen atoms in total. The second kappa shape index (κ2) is 9.73. The molecule has 0 radical (unpaired) electrons. The first kappa shape index (κ1) is 17.9. The molecule has 0 saturated carbocycles. The number of piperidine rings is 1. The maximum absolute atomic E-state index is 11.8. The van der Waals surface area contributed by atoms with Crippen molar-refractivity contribution < 1.29 is 19.4 Å². The molecule has 0 bridgehead atoms. The minimum Gasteiger partial charge on any atom is -0.481 e. The van der Waals surface area contributed by atoms with Crippen LogP contribution >= 0.6 is 0 Å². The highest BCUT2D eigenvalue weighted by Gasteiger charge is 2.18. The van der Waals surface area contributed by atoms with Crippen molar-refractivity contribution in [1.29, 1.82) is 0 Å². The summed E-state index contributed by atoms with van der Waals surface area (Å²) >= 11 is 0. The highest BCUT2D eigenvalue weighted by Crippen LogP contribution is 2.14. The van der Waals surface area contributed by atoms with Crippen LogP contribution in [0, 0.1) is 11.8 Å². The van der Waals surface area contributed by atoms with Crippen molar-refractivity contribution in [2.24, 2.45) is 11.8 Å². The Balaban J connectivity index is 2.23. The molecule has 0 aromatic rings. The van der Waals surface area contributed by atoms with Gasteiger partial charge in [0.2, 0.25) is 5.91 Å². The van der Waals surface area contributed by atoms with Gasteiger partial charge in [0.05, 0.1) is 6.10 Å². The SMILES string of the molecule is CC(C)C[C@H](CNC(=O)COC1CCNCC1)CC(=O)O. The Morgan fingerprint density at radius 2 is 2.00 bits per heavy atom. The minimum absolute atomic E-state index is 0.0228. The molecule has 1 atom stereocenters. The normalized spacial score (nSPS) is 17.7. The number of ether oxygens (including phenoxy) is 1. The lowest BCUT2D eigenvalue weighted by Crippen LogP contribution is -2.37. The summed E-state index contributed by atoms with van der Waals surface area (Å²) in [6.07, 6.45) is 2.90. The number of nitrogens with one attached hydrogen (secondary N) is 2. The highest BCUT2D eigenvalue weighted by atomic mass is 16.5. The van der Waals surface area contributed by atoms with Gasteiger partial charge < -0.3 is 20.5 Å². The van der Waals surface area contributed by atoms with Crippen molar-refractivity contribution in [1.82, 2.24) is 10.6 Å². The van der Waals surface area contributed by atoms with Crippen LogP contribution in [0.25, 0.3) is 0 Å². The fourth-order valence-corrected chi connectivity index (χ4v) is 2.62.